The van der Waals surface area contributed by atoms with Crippen molar-refractivity contribution in [3.63, 3.8) is 0 Å². The molecule has 140 valence electrons. The van der Waals surface area contributed by atoms with Crippen molar-refractivity contribution in [1.29, 1.82) is 0 Å². The lowest BCUT2D eigenvalue weighted by Crippen LogP contribution is -2.30. The van der Waals surface area contributed by atoms with Gasteiger partial charge in [-0.2, -0.15) is 0 Å². The van der Waals surface area contributed by atoms with Crippen molar-refractivity contribution in [2.75, 3.05) is 13.6 Å². The Bertz CT molecular complexity index is 916. The van der Waals surface area contributed by atoms with E-state index in [0.717, 1.165) is 12.1 Å². The van der Waals surface area contributed by atoms with Crippen LogP contribution < -0.4 is 4.72 Å². The number of halogens is 2. The molecule has 0 aliphatic heterocycles. The average Bonchev–Trinajstić information content (AvgIpc) is 2.62. The molecule has 0 saturated heterocycles. The summed E-state index contributed by atoms with van der Waals surface area (Å²) in [6.45, 7) is 3.56. The highest BCUT2D eigenvalue weighted by Crippen LogP contribution is 2.23. The standard InChI is InChI=1S/C18H20F2N2O3S/c1-4-21-26(24,25)15-7-5-6-14(10-15)18(23)22(3)12(2)13-8-9-16(19)17(20)11-13/h5-12,21H,4H2,1-3H3. The molecule has 0 saturated carbocycles. The summed E-state index contributed by atoms with van der Waals surface area (Å²) in [5, 5.41) is 0. The summed E-state index contributed by atoms with van der Waals surface area (Å²) >= 11 is 0. The lowest BCUT2D eigenvalue weighted by Gasteiger charge is -2.25. The largest absolute Gasteiger partial charge is 0.335 e. The van der Waals surface area contributed by atoms with Crippen LogP contribution in [-0.4, -0.2) is 32.8 Å². The SMILES string of the molecule is CCNS(=O)(=O)c1cccc(C(=O)N(C)C(C)c2ccc(F)c(F)c2)c1. The first-order chi connectivity index (χ1) is 12.2. The van der Waals surface area contributed by atoms with E-state index in [0.29, 0.717) is 5.56 Å². The number of hydrogen-bond donors (Lipinski definition) is 1. The van der Waals surface area contributed by atoms with Gasteiger partial charge in [0.15, 0.2) is 11.6 Å². The minimum atomic E-state index is -3.69. The van der Waals surface area contributed by atoms with Crippen molar-refractivity contribution in [2.45, 2.75) is 24.8 Å². The Kier molecular flexibility index (Phi) is 6.09. The van der Waals surface area contributed by atoms with Crippen LogP contribution in [0.1, 0.15) is 35.8 Å². The second kappa shape index (κ2) is 7.92. The Morgan fingerprint density at radius 3 is 2.46 bits per heavy atom. The molecule has 1 N–H and O–H groups in total. The van der Waals surface area contributed by atoms with Gasteiger partial charge in [-0.3, -0.25) is 4.79 Å². The number of hydrogen-bond acceptors (Lipinski definition) is 3. The highest BCUT2D eigenvalue weighted by Gasteiger charge is 2.22. The summed E-state index contributed by atoms with van der Waals surface area (Å²) in [7, 11) is -2.17. The molecular weight excluding hydrogens is 362 g/mol. The summed E-state index contributed by atoms with van der Waals surface area (Å²) < 4.78 is 53.1. The van der Waals surface area contributed by atoms with Crippen LogP contribution in [0.4, 0.5) is 8.78 Å². The highest BCUT2D eigenvalue weighted by molar-refractivity contribution is 7.89. The molecular formula is C18H20F2N2O3S. The van der Waals surface area contributed by atoms with Gasteiger partial charge < -0.3 is 4.90 Å². The maximum atomic E-state index is 13.4. The number of carbonyl (C=O) groups is 1. The molecule has 0 bridgehead atoms. The van der Waals surface area contributed by atoms with Gasteiger partial charge in [0.25, 0.3) is 5.91 Å². The van der Waals surface area contributed by atoms with Crippen molar-refractivity contribution in [1.82, 2.24) is 9.62 Å². The van der Waals surface area contributed by atoms with E-state index in [4.69, 9.17) is 0 Å². The molecule has 0 heterocycles. The molecule has 2 aromatic rings. The zero-order chi connectivity index (χ0) is 19.5. The summed E-state index contributed by atoms with van der Waals surface area (Å²) in [5.74, 6) is -2.39. The zero-order valence-corrected chi connectivity index (χ0v) is 15.5. The Labute approximate surface area is 151 Å². The van der Waals surface area contributed by atoms with Crippen molar-refractivity contribution in [2.24, 2.45) is 0 Å². The van der Waals surface area contributed by atoms with Crippen LogP contribution in [0, 0.1) is 11.6 Å². The van der Waals surface area contributed by atoms with E-state index in [1.807, 2.05) is 0 Å². The molecule has 0 fully saturated rings. The van der Waals surface area contributed by atoms with Gasteiger partial charge in [0.05, 0.1) is 10.9 Å². The van der Waals surface area contributed by atoms with E-state index in [-0.39, 0.29) is 17.0 Å². The van der Waals surface area contributed by atoms with Crippen LogP contribution in [0.15, 0.2) is 47.4 Å². The Hall–Kier alpha value is -2.32. The first-order valence-electron chi connectivity index (χ1n) is 7.99. The highest BCUT2D eigenvalue weighted by atomic mass is 32.2. The number of amides is 1. The van der Waals surface area contributed by atoms with E-state index in [2.05, 4.69) is 4.72 Å². The van der Waals surface area contributed by atoms with E-state index in [1.165, 1.54) is 42.3 Å². The Balaban J connectivity index is 2.29. The van der Waals surface area contributed by atoms with Crippen LogP contribution >= 0.6 is 0 Å². The van der Waals surface area contributed by atoms with Gasteiger partial charge >= 0.3 is 0 Å². The van der Waals surface area contributed by atoms with Crippen molar-refractivity contribution < 1.29 is 22.0 Å². The first-order valence-corrected chi connectivity index (χ1v) is 9.47. The summed E-state index contributed by atoms with van der Waals surface area (Å²) in [6.07, 6.45) is 0. The molecule has 8 heteroatoms. The predicted octanol–water partition coefficient (Wildman–Crippen LogP) is 3.10. The van der Waals surface area contributed by atoms with Gasteiger partial charge in [-0.15, -0.1) is 0 Å². The van der Waals surface area contributed by atoms with E-state index in [9.17, 15) is 22.0 Å². The summed E-state index contributed by atoms with van der Waals surface area (Å²) in [6, 6.07) is 8.57. The lowest BCUT2D eigenvalue weighted by atomic mass is 10.1. The molecule has 0 aromatic heterocycles. The first kappa shape index (κ1) is 20.0. The van der Waals surface area contributed by atoms with Gasteiger partial charge in [-0.1, -0.05) is 19.1 Å². The average molecular weight is 382 g/mol. The maximum absolute atomic E-state index is 13.4. The summed E-state index contributed by atoms with van der Waals surface area (Å²) in [5.41, 5.74) is 0.608. The quantitative estimate of drug-likeness (QED) is 0.835. The van der Waals surface area contributed by atoms with Crippen molar-refractivity contribution in [3.8, 4) is 0 Å². The van der Waals surface area contributed by atoms with Crippen molar-refractivity contribution in [3.05, 3.63) is 65.2 Å². The number of nitrogens with one attached hydrogen (secondary N) is 1. The van der Waals surface area contributed by atoms with Crippen molar-refractivity contribution >= 4 is 15.9 Å². The molecule has 1 unspecified atom stereocenters. The molecule has 1 amide bonds. The number of rotatable bonds is 6. The fraction of sp³-hybridized carbons (Fsp3) is 0.278. The van der Waals surface area contributed by atoms with Gasteiger partial charge in [-0.25, -0.2) is 21.9 Å². The normalized spacial score (nSPS) is 12.7. The third-order valence-electron chi connectivity index (χ3n) is 4.05. The molecule has 2 aromatic carbocycles. The van der Waals surface area contributed by atoms with E-state index >= 15 is 0 Å². The molecule has 26 heavy (non-hydrogen) atoms. The number of benzene rings is 2. The van der Waals surface area contributed by atoms with Crippen LogP contribution in [0.2, 0.25) is 0 Å². The van der Waals surface area contributed by atoms with E-state index in [1.54, 1.807) is 13.8 Å². The van der Waals surface area contributed by atoms with Crippen LogP contribution in [0.5, 0.6) is 0 Å². The fourth-order valence-electron chi connectivity index (χ4n) is 2.45. The second-order valence-electron chi connectivity index (χ2n) is 5.79. The molecule has 2 rings (SSSR count). The minimum absolute atomic E-state index is 0.0147. The topological polar surface area (TPSA) is 66.5 Å². The van der Waals surface area contributed by atoms with Crippen LogP contribution in [-0.2, 0) is 10.0 Å². The van der Waals surface area contributed by atoms with Gasteiger partial charge in [0.2, 0.25) is 10.0 Å². The fourth-order valence-corrected chi connectivity index (χ4v) is 3.53. The molecule has 0 radical (unpaired) electrons. The molecule has 0 aliphatic rings. The maximum Gasteiger partial charge on any atom is 0.254 e. The van der Waals surface area contributed by atoms with E-state index < -0.39 is 33.6 Å². The van der Waals surface area contributed by atoms with Gasteiger partial charge in [-0.05, 0) is 42.8 Å². The minimum Gasteiger partial charge on any atom is -0.335 e. The predicted molar refractivity (Wildman–Crippen MR) is 94.2 cm³/mol. The Morgan fingerprint density at radius 1 is 1.15 bits per heavy atom. The third-order valence-corrected chi connectivity index (χ3v) is 5.60. The number of nitrogens with zero attached hydrogens (tertiary/aromatic N) is 1. The third kappa shape index (κ3) is 4.25. The van der Waals surface area contributed by atoms with Gasteiger partial charge in [0, 0.05) is 19.2 Å². The lowest BCUT2D eigenvalue weighted by molar-refractivity contribution is 0.0742. The number of sulfonamides is 1. The molecule has 0 spiro atoms. The van der Waals surface area contributed by atoms with Crippen LogP contribution in [0.3, 0.4) is 0 Å². The smallest absolute Gasteiger partial charge is 0.254 e. The monoisotopic (exact) mass is 382 g/mol. The Morgan fingerprint density at radius 2 is 1.85 bits per heavy atom. The molecule has 1 atom stereocenters. The second-order valence-corrected chi connectivity index (χ2v) is 7.56. The van der Waals surface area contributed by atoms with Gasteiger partial charge in [0.1, 0.15) is 0 Å². The molecule has 5 nitrogen and oxygen atoms in total. The zero-order valence-electron chi connectivity index (χ0n) is 14.7. The summed E-state index contributed by atoms with van der Waals surface area (Å²) in [4.78, 5) is 14.0. The number of carbonyl (C=O) groups excluding carboxylic acids is 1. The molecule has 0 aliphatic carbocycles. The van der Waals surface area contributed by atoms with Crippen LogP contribution in [0.25, 0.3) is 0 Å².